The smallest absolute Gasteiger partial charge is 0.212 e. The molecule has 1 atom stereocenters. The highest BCUT2D eigenvalue weighted by atomic mass is 16.7. The molecule has 5 heteroatoms. The first-order valence-electron chi connectivity index (χ1n) is 6.29. The van der Waals surface area contributed by atoms with Gasteiger partial charge in [-0.25, -0.2) is 4.98 Å². The Kier molecular flexibility index (Phi) is 3.54. The van der Waals surface area contributed by atoms with Gasteiger partial charge in [0.25, 0.3) is 0 Å². The molecule has 0 saturated heterocycles. The van der Waals surface area contributed by atoms with Crippen molar-refractivity contribution in [2.24, 2.45) is 0 Å². The number of nitrogens with zero attached hydrogens (tertiary/aromatic N) is 1. The number of ether oxygens (including phenoxy) is 3. The lowest BCUT2D eigenvalue weighted by Gasteiger charge is -2.19. The zero-order valence-electron chi connectivity index (χ0n) is 11.1. The third-order valence-electron chi connectivity index (χ3n) is 3.24. The summed E-state index contributed by atoms with van der Waals surface area (Å²) in [4.78, 5) is 4.10. The van der Waals surface area contributed by atoms with Crippen LogP contribution in [0, 0.1) is 0 Å². The van der Waals surface area contributed by atoms with Gasteiger partial charge >= 0.3 is 0 Å². The average Bonchev–Trinajstić information content (AvgIpc) is 2.54. The lowest BCUT2D eigenvalue weighted by atomic mass is 10.0. The van der Waals surface area contributed by atoms with Gasteiger partial charge in [0.1, 0.15) is 11.9 Å². The first-order valence-corrected chi connectivity index (χ1v) is 6.29. The molecule has 1 aliphatic heterocycles. The molecule has 2 heterocycles. The Bertz CT molecular complexity index is 597. The van der Waals surface area contributed by atoms with Gasteiger partial charge in [-0.1, -0.05) is 6.07 Å². The summed E-state index contributed by atoms with van der Waals surface area (Å²) >= 11 is 0. The largest absolute Gasteiger partial charge is 0.481 e. The van der Waals surface area contributed by atoms with E-state index in [0.717, 1.165) is 16.9 Å². The van der Waals surface area contributed by atoms with Crippen LogP contribution in [-0.4, -0.2) is 24.0 Å². The number of aliphatic hydroxyl groups is 1. The van der Waals surface area contributed by atoms with Crippen molar-refractivity contribution in [3.63, 3.8) is 0 Å². The van der Waals surface area contributed by atoms with Crippen LogP contribution >= 0.6 is 0 Å². The van der Waals surface area contributed by atoms with Gasteiger partial charge < -0.3 is 19.3 Å². The maximum atomic E-state index is 10.4. The standard InChI is InChI=1S/C15H15NO4/c1-18-14-5-3-11(7-16-14)15(17)10-2-4-13-12(6-10)8-19-9-20-13/h2-7,15,17H,8-9H2,1H3. The van der Waals surface area contributed by atoms with Crippen molar-refractivity contribution in [2.75, 3.05) is 13.9 Å². The van der Waals surface area contributed by atoms with Gasteiger partial charge in [0, 0.05) is 23.4 Å². The summed E-state index contributed by atoms with van der Waals surface area (Å²) in [7, 11) is 1.56. The van der Waals surface area contributed by atoms with E-state index in [2.05, 4.69) is 4.98 Å². The van der Waals surface area contributed by atoms with Crippen LogP contribution in [0.1, 0.15) is 22.8 Å². The van der Waals surface area contributed by atoms with Gasteiger partial charge in [-0.05, 0) is 23.8 Å². The van der Waals surface area contributed by atoms with E-state index in [0.29, 0.717) is 18.1 Å². The second kappa shape index (κ2) is 5.48. The molecule has 0 radical (unpaired) electrons. The number of rotatable bonds is 3. The molecule has 3 rings (SSSR count). The number of hydrogen-bond acceptors (Lipinski definition) is 5. The van der Waals surface area contributed by atoms with E-state index in [1.54, 1.807) is 25.4 Å². The van der Waals surface area contributed by atoms with Crippen molar-refractivity contribution in [2.45, 2.75) is 12.7 Å². The molecule has 2 aromatic rings. The fourth-order valence-electron chi connectivity index (χ4n) is 2.15. The average molecular weight is 273 g/mol. The molecule has 1 N–H and O–H groups in total. The third kappa shape index (κ3) is 2.45. The predicted octanol–water partition coefficient (Wildman–Crippen LogP) is 2.04. The van der Waals surface area contributed by atoms with E-state index < -0.39 is 6.10 Å². The Hall–Kier alpha value is -2.11. The summed E-state index contributed by atoms with van der Waals surface area (Å²) < 4.78 is 15.6. The number of aliphatic hydroxyl groups excluding tert-OH is 1. The van der Waals surface area contributed by atoms with Gasteiger partial charge in [-0.15, -0.1) is 0 Å². The predicted molar refractivity (Wildman–Crippen MR) is 71.6 cm³/mol. The molecule has 0 bridgehead atoms. The highest BCUT2D eigenvalue weighted by Gasteiger charge is 2.16. The van der Waals surface area contributed by atoms with E-state index in [9.17, 15) is 5.11 Å². The minimum absolute atomic E-state index is 0.275. The normalized spacial score (nSPS) is 15.1. The van der Waals surface area contributed by atoms with Crippen LogP contribution in [0.15, 0.2) is 36.5 Å². The Morgan fingerprint density at radius 2 is 2.10 bits per heavy atom. The van der Waals surface area contributed by atoms with E-state index in [1.807, 2.05) is 18.2 Å². The van der Waals surface area contributed by atoms with Crippen molar-refractivity contribution >= 4 is 0 Å². The van der Waals surface area contributed by atoms with E-state index >= 15 is 0 Å². The van der Waals surface area contributed by atoms with Gasteiger partial charge in [-0.3, -0.25) is 0 Å². The lowest BCUT2D eigenvalue weighted by molar-refractivity contribution is -0.0165. The van der Waals surface area contributed by atoms with Crippen molar-refractivity contribution < 1.29 is 19.3 Å². The molecule has 0 fully saturated rings. The second-order valence-electron chi connectivity index (χ2n) is 4.51. The second-order valence-corrected chi connectivity index (χ2v) is 4.51. The summed E-state index contributed by atoms with van der Waals surface area (Å²) in [6.07, 6.45) is 0.872. The fraction of sp³-hybridized carbons (Fsp3) is 0.267. The van der Waals surface area contributed by atoms with Crippen LogP contribution < -0.4 is 9.47 Å². The highest BCUT2D eigenvalue weighted by molar-refractivity contribution is 5.40. The summed E-state index contributed by atoms with van der Waals surface area (Å²) in [5, 5.41) is 10.4. The summed E-state index contributed by atoms with van der Waals surface area (Å²) in [6.45, 7) is 0.772. The van der Waals surface area contributed by atoms with Gasteiger partial charge in [0.15, 0.2) is 6.79 Å². The molecular formula is C15H15NO4. The highest BCUT2D eigenvalue weighted by Crippen LogP contribution is 2.29. The Morgan fingerprint density at radius 3 is 2.85 bits per heavy atom. The molecule has 104 valence electrons. The maximum Gasteiger partial charge on any atom is 0.212 e. The molecule has 1 aliphatic rings. The molecule has 1 unspecified atom stereocenters. The number of fused-ring (bicyclic) bond motifs is 1. The number of benzene rings is 1. The molecule has 0 aliphatic carbocycles. The third-order valence-corrected chi connectivity index (χ3v) is 3.24. The van der Waals surface area contributed by atoms with Crippen molar-refractivity contribution in [3.8, 4) is 11.6 Å². The maximum absolute atomic E-state index is 10.4. The van der Waals surface area contributed by atoms with Crippen LogP contribution in [0.3, 0.4) is 0 Å². The van der Waals surface area contributed by atoms with Gasteiger partial charge in [-0.2, -0.15) is 0 Å². The van der Waals surface area contributed by atoms with Crippen molar-refractivity contribution in [1.29, 1.82) is 0 Å². The van der Waals surface area contributed by atoms with Crippen LogP contribution in [0.25, 0.3) is 0 Å². The Morgan fingerprint density at radius 1 is 1.25 bits per heavy atom. The molecule has 1 aromatic heterocycles. The Labute approximate surface area is 116 Å². The first kappa shape index (κ1) is 12.9. The van der Waals surface area contributed by atoms with Crippen molar-refractivity contribution in [1.82, 2.24) is 4.98 Å². The zero-order chi connectivity index (χ0) is 13.9. The van der Waals surface area contributed by atoms with Crippen molar-refractivity contribution in [3.05, 3.63) is 53.2 Å². The minimum Gasteiger partial charge on any atom is -0.481 e. The molecule has 0 amide bonds. The number of methoxy groups -OCH3 is 1. The summed E-state index contributed by atoms with van der Waals surface area (Å²) in [5.74, 6) is 1.33. The summed E-state index contributed by atoms with van der Waals surface area (Å²) in [5.41, 5.74) is 2.43. The van der Waals surface area contributed by atoms with Crippen LogP contribution in [0.2, 0.25) is 0 Å². The van der Waals surface area contributed by atoms with E-state index in [1.165, 1.54) is 0 Å². The first-order chi connectivity index (χ1) is 9.78. The molecule has 5 nitrogen and oxygen atoms in total. The fourth-order valence-corrected chi connectivity index (χ4v) is 2.15. The van der Waals surface area contributed by atoms with E-state index in [4.69, 9.17) is 14.2 Å². The molecular weight excluding hydrogens is 258 g/mol. The number of hydrogen-bond donors (Lipinski definition) is 1. The Balaban J connectivity index is 1.87. The summed E-state index contributed by atoms with van der Waals surface area (Å²) in [6, 6.07) is 9.11. The lowest BCUT2D eigenvalue weighted by Crippen LogP contribution is -2.12. The molecule has 1 aromatic carbocycles. The minimum atomic E-state index is -0.736. The SMILES string of the molecule is COc1ccc(C(O)c2ccc3c(c2)COCO3)cn1. The van der Waals surface area contributed by atoms with Crippen LogP contribution in [0.4, 0.5) is 0 Å². The monoisotopic (exact) mass is 273 g/mol. The molecule has 20 heavy (non-hydrogen) atoms. The van der Waals surface area contributed by atoms with Gasteiger partial charge in [0.05, 0.1) is 13.7 Å². The zero-order valence-corrected chi connectivity index (χ0v) is 11.1. The van der Waals surface area contributed by atoms with Gasteiger partial charge in [0.2, 0.25) is 5.88 Å². The number of pyridine rings is 1. The van der Waals surface area contributed by atoms with E-state index in [-0.39, 0.29) is 6.79 Å². The molecule has 0 saturated carbocycles. The van der Waals surface area contributed by atoms with Crippen LogP contribution in [0.5, 0.6) is 11.6 Å². The quantitative estimate of drug-likeness (QED) is 0.927. The topological polar surface area (TPSA) is 60.8 Å². The molecule has 0 spiro atoms. The van der Waals surface area contributed by atoms with Crippen LogP contribution in [-0.2, 0) is 11.3 Å². The number of aromatic nitrogens is 1.